The van der Waals surface area contributed by atoms with Crippen LogP contribution in [0.1, 0.15) is 27.0 Å². The van der Waals surface area contributed by atoms with Crippen molar-refractivity contribution in [3.8, 4) is 11.5 Å². The van der Waals surface area contributed by atoms with Gasteiger partial charge in [-0.05, 0) is 38.5 Å². The molecule has 0 aliphatic heterocycles. The van der Waals surface area contributed by atoms with E-state index in [4.69, 9.17) is 9.47 Å². The highest BCUT2D eigenvalue weighted by Gasteiger charge is 2.17. The maximum absolute atomic E-state index is 12.4. The fourth-order valence-electron chi connectivity index (χ4n) is 2.30. The van der Waals surface area contributed by atoms with Crippen LogP contribution in [-0.4, -0.2) is 13.1 Å². The van der Waals surface area contributed by atoms with Crippen molar-refractivity contribution in [1.29, 1.82) is 0 Å². The molecule has 0 atom stereocenters. The second-order valence-corrected chi connectivity index (χ2v) is 5.15. The minimum atomic E-state index is -0.610. The minimum absolute atomic E-state index is 0.0570. The number of benzene rings is 1. The van der Waals surface area contributed by atoms with Crippen LogP contribution in [-0.2, 0) is 0 Å². The molecule has 2 aromatic rings. The Morgan fingerprint density at radius 2 is 1.64 bits per heavy atom. The Balaban J connectivity index is 2.48. The van der Waals surface area contributed by atoms with Crippen LogP contribution in [0, 0.1) is 20.8 Å². The van der Waals surface area contributed by atoms with Crippen molar-refractivity contribution >= 4 is 5.97 Å². The number of carbonyl (C=O) groups excluding carboxylic acids is 1. The first-order valence-electron chi connectivity index (χ1n) is 6.91. The van der Waals surface area contributed by atoms with Crippen LogP contribution in [0.5, 0.6) is 11.5 Å². The molecule has 0 unspecified atom stereocenters. The molecule has 114 valence electrons. The second-order valence-electron chi connectivity index (χ2n) is 5.15. The summed E-state index contributed by atoms with van der Waals surface area (Å²) in [5.41, 5.74) is 2.09. The zero-order chi connectivity index (χ0) is 16.3. The molecule has 0 radical (unpaired) electrons. The normalized spacial score (nSPS) is 10.2. The van der Waals surface area contributed by atoms with Crippen LogP contribution < -0.4 is 14.9 Å². The predicted octanol–water partition coefficient (Wildman–Crippen LogP) is 3.20. The SMILES string of the molecule is COc1ccccc1C(=O)Oc1c(C)cc(C)cc(C)c1=O. The molecular formula is C18H18O4. The van der Waals surface area contributed by atoms with Gasteiger partial charge < -0.3 is 9.47 Å². The first-order chi connectivity index (χ1) is 10.4. The van der Waals surface area contributed by atoms with E-state index in [-0.39, 0.29) is 16.7 Å². The summed E-state index contributed by atoms with van der Waals surface area (Å²) in [4.78, 5) is 24.7. The Hall–Kier alpha value is -2.62. The van der Waals surface area contributed by atoms with Crippen LogP contribution in [0.15, 0.2) is 41.2 Å². The summed E-state index contributed by atoms with van der Waals surface area (Å²) in [6, 6.07) is 10.3. The molecule has 2 rings (SSSR count). The molecule has 0 N–H and O–H groups in total. The molecule has 4 nitrogen and oxygen atoms in total. The largest absolute Gasteiger partial charge is 0.496 e. The molecule has 0 heterocycles. The maximum Gasteiger partial charge on any atom is 0.347 e. The zero-order valence-corrected chi connectivity index (χ0v) is 13.1. The predicted molar refractivity (Wildman–Crippen MR) is 84.9 cm³/mol. The maximum atomic E-state index is 12.4. The number of rotatable bonds is 3. The van der Waals surface area contributed by atoms with Crippen LogP contribution in [0.2, 0.25) is 0 Å². The molecular weight excluding hydrogens is 280 g/mol. The van der Waals surface area contributed by atoms with Crippen molar-refractivity contribution in [3.05, 3.63) is 68.9 Å². The highest BCUT2D eigenvalue weighted by molar-refractivity contribution is 5.94. The fraction of sp³-hybridized carbons (Fsp3) is 0.222. The molecule has 0 aliphatic rings. The van der Waals surface area contributed by atoms with E-state index in [1.807, 2.05) is 13.0 Å². The lowest BCUT2D eigenvalue weighted by molar-refractivity contribution is 0.0728. The zero-order valence-electron chi connectivity index (χ0n) is 13.1. The van der Waals surface area contributed by atoms with E-state index in [2.05, 4.69) is 0 Å². The molecule has 0 aromatic heterocycles. The van der Waals surface area contributed by atoms with Crippen LogP contribution in [0.25, 0.3) is 0 Å². The second kappa shape index (κ2) is 6.43. The number of carbonyl (C=O) groups is 1. The van der Waals surface area contributed by atoms with Gasteiger partial charge in [0, 0.05) is 5.56 Å². The monoisotopic (exact) mass is 298 g/mol. The van der Waals surface area contributed by atoms with E-state index in [0.717, 1.165) is 5.56 Å². The third-order valence-corrected chi connectivity index (χ3v) is 3.33. The van der Waals surface area contributed by atoms with Gasteiger partial charge in [0.2, 0.25) is 5.43 Å². The summed E-state index contributed by atoms with van der Waals surface area (Å²) in [6.45, 7) is 5.35. The van der Waals surface area contributed by atoms with Gasteiger partial charge in [0.1, 0.15) is 11.3 Å². The number of hydrogen-bond donors (Lipinski definition) is 0. The molecule has 22 heavy (non-hydrogen) atoms. The van der Waals surface area contributed by atoms with Crippen molar-refractivity contribution < 1.29 is 14.3 Å². The smallest absolute Gasteiger partial charge is 0.347 e. The molecule has 0 bridgehead atoms. The van der Waals surface area contributed by atoms with E-state index >= 15 is 0 Å². The summed E-state index contributed by atoms with van der Waals surface area (Å²) in [5.74, 6) is -0.145. The third-order valence-electron chi connectivity index (χ3n) is 3.33. The van der Waals surface area contributed by atoms with Gasteiger partial charge in [0.15, 0.2) is 5.75 Å². The van der Waals surface area contributed by atoms with E-state index < -0.39 is 5.97 Å². The molecule has 0 saturated heterocycles. The average molecular weight is 298 g/mol. The van der Waals surface area contributed by atoms with E-state index in [9.17, 15) is 9.59 Å². The van der Waals surface area contributed by atoms with Crippen molar-refractivity contribution in [3.63, 3.8) is 0 Å². The Morgan fingerprint density at radius 1 is 1.00 bits per heavy atom. The van der Waals surface area contributed by atoms with Gasteiger partial charge in [-0.25, -0.2) is 4.79 Å². The van der Waals surface area contributed by atoms with Crippen LogP contribution in [0.3, 0.4) is 0 Å². The Labute approximate surface area is 129 Å². The average Bonchev–Trinajstić information content (AvgIpc) is 2.58. The summed E-state index contributed by atoms with van der Waals surface area (Å²) < 4.78 is 10.5. The number of aryl methyl sites for hydroxylation is 3. The van der Waals surface area contributed by atoms with E-state index in [0.29, 0.717) is 16.9 Å². The number of methoxy groups -OCH3 is 1. The minimum Gasteiger partial charge on any atom is -0.496 e. The molecule has 0 aliphatic carbocycles. The third kappa shape index (κ3) is 3.17. The van der Waals surface area contributed by atoms with Gasteiger partial charge in [-0.1, -0.05) is 29.8 Å². The summed E-state index contributed by atoms with van der Waals surface area (Å²) >= 11 is 0. The first kappa shape index (κ1) is 15.8. The summed E-state index contributed by atoms with van der Waals surface area (Å²) in [7, 11) is 1.48. The standard InChI is InChI=1S/C18H18O4/c1-11-9-12(2)16(19)17(13(3)10-11)22-18(20)14-7-5-6-8-15(14)21-4/h5-10H,1-4H3. The van der Waals surface area contributed by atoms with E-state index in [1.54, 1.807) is 44.2 Å². The molecule has 0 saturated carbocycles. The molecule has 0 amide bonds. The molecule has 0 spiro atoms. The van der Waals surface area contributed by atoms with Gasteiger partial charge in [0.05, 0.1) is 7.11 Å². The van der Waals surface area contributed by atoms with Gasteiger partial charge in [-0.2, -0.15) is 0 Å². The lowest BCUT2D eigenvalue weighted by atomic mass is 10.2. The van der Waals surface area contributed by atoms with Crippen molar-refractivity contribution in [2.45, 2.75) is 20.8 Å². The quantitative estimate of drug-likeness (QED) is 0.817. The van der Waals surface area contributed by atoms with Gasteiger partial charge in [-0.15, -0.1) is 0 Å². The molecule has 0 fully saturated rings. The lowest BCUT2D eigenvalue weighted by Gasteiger charge is -2.08. The number of para-hydroxylation sites is 1. The summed E-state index contributed by atoms with van der Waals surface area (Å²) in [5, 5.41) is 0. The van der Waals surface area contributed by atoms with Gasteiger partial charge in [0.25, 0.3) is 0 Å². The lowest BCUT2D eigenvalue weighted by Crippen LogP contribution is -2.16. The van der Waals surface area contributed by atoms with Crippen molar-refractivity contribution in [1.82, 2.24) is 0 Å². The first-order valence-corrected chi connectivity index (χ1v) is 6.91. The highest BCUT2D eigenvalue weighted by atomic mass is 16.5. The molecule has 4 heteroatoms. The van der Waals surface area contributed by atoms with Crippen LogP contribution >= 0.6 is 0 Å². The Morgan fingerprint density at radius 3 is 2.32 bits per heavy atom. The van der Waals surface area contributed by atoms with E-state index in [1.165, 1.54) is 7.11 Å². The van der Waals surface area contributed by atoms with Gasteiger partial charge in [-0.3, -0.25) is 4.79 Å². The number of ether oxygens (including phenoxy) is 2. The number of esters is 1. The van der Waals surface area contributed by atoms with Gasteiger partial charge >= 0.3 is 5.97 Å². The fourth-order valence-corrected chi connectivity index (χ4v) is 2.30. The highest BCUT2D eigenvalue weighted by Crippen LogP contribution is 2.21. The van der Waals surface area contributed by atoms with Crippen LogP contribution in [0.4, 0.5) is 0 Å². The Kier molecular flexibility index (Phi) is 4.61. The summed E-state index contributed by atoms with van der Waals surface area (Å²) in [6.07, 6.45) is 0. The topological polar surface area (TPSA) is 52.6 Å². The van der Waals surface area contributed by atoms with Crippen molar-refractivity contribution in [2.24, 2.45) is 0 Å². The number of hydrogen-bond acceptors (Lipinski definition) is 4. The van der Waals surface area contributed by atoms with Crippen molar-refractivity contribution in [2.75, 3.05) is 7.11 Å². The molecule has 2 aromatic carbocycles. The Bertz CT molecular complexity index is 778.